The number of anilines is 1. The summed E-state index contributed by atoms with van der Waals surface area (Å²) in [6.07, 6.45) is 0.997. The maximum Gasteiger partial charge on any atom is 0.153 e. The maximum atomic E-state index is 10.4. The van der Waals surface area contributed by atoms with Crippen LogP contribution in [0.5, 0.6) is 0 Å². The van der Waals surface area contributed by atoms with Crippen LogP contribution in [0.1, 0.15) is 11.7 Å². The Kier molecular flexibility index (Phi) is 1.98. The van der Waals surface area contributed by atoms with Crippen LogP contribution in [0.3, 0.4) is 0 Å². The van der Waals surface area contributed by atoms with E-state index in [1.165, 1.54) is 0 Å². The van der Waals surface area contributed by atoms with Gasteiger partial charge in [0, 0.05) is 17.1 Å². The second-order valence-electron chi connectivity index (χ2n) is 3.09. The lowest BCUT2D eigenvalue weighted by Gasteiger charge is -2.00. The SMILES string of the molecule is Nc1cccc2c(C(O)C=O)c[nH]c12. The molecule has 0 spiro atoms. The van der Waals surface area contributed by atoms with Crippen molar-refractivity contribution < 1.29 is 9.90 Å². The van der Waals surface area contributed by atoms with E-state index in [9.17, 15) is 9.90 Å². The molecule has 0 aliphatic rings. The largest absolute Gasteiger partial charge is 0.397 e. The third kappa shape index (κ3) is 1.16. The normalized spacial score (nSPS) is 12.9. The molecule has 2 rings (SSSR count). The van der Waals surface area contributed by atoms with Gasteiger partial charge in [-0.15, -0.1) is 0 Å². The number of nitrogen functional groups attached to an aromatic ring is 1. The van der Waals surface area contributed by atoms with Crippen LogP contribution >= 0.6 is 0 Å². The Morgan fingerprint density at radius 2 is 2.29 bits per heavy atom. The highest BCUT2D eigenvalue weighted by molar-refractivity contribution is 5.93. The Bertz CT molecular complexity index is 476. The highest BCUT2D eigenvalue weighted by Gasteiger charge is 2.12. The number of aliphatic hydroxyl groups is 1. The second kappa shape index (κ2) is 3.16. The molecule has 14 heavy (non-hydrogen) atoms. The molecule has 0 fully saturated rings. The molecule has 0 amide bonds. The maximum absolute atomic E-state index is 10.4. The third-order valence-electron chi connectivity index (χ3n) is 2.23. The van der Waals surface area contributed by atoms with Gasteiger partial charge in [0.2, 0.25) is 0 Å². The third-order valence-corrected chi connectivity index (χ3v) is 2.23. The number of aldehydes is 1. The molecule has 0 aliphatic heterocycles. The van der Waals surface area contributed by atoms with Gasteiger partial charge in [0.15, 0.2) is 6.29 Å². The molecule has 0 saturated carbocycles. The summed E-state index contributed by atoms with van der Waals surface area (Å²) in [7, 11) is 0. The summed E-state index contributed by atoms with van der Waals surface area (Å²) in [6.45, 7) is 0. The number of rotatable bonds is 2. The summed E-state index contributed by atoms with van der Waals surface area (Å²) in [4.78, 5) is 13.4. The van der Waals surface area contributed by atoms with Gasteiger partial charge < -0.3 is 20.6 Å². The van der Waals surface area contributed by atoms with Crippen molar-refractivity contribution in [3.05, 3.63) is 30.0 Å². The highest BCUT2D eigenvalue weighted by atomic mass is 16.3. The van der Waals surface area contributed by atoms with E-state index in [2.05, 4.69) is 4.98 Å². The van der Waals surface area contributed by atoms with E-state index in [1.807, 2.05) is 6.07 Å². The number of benzene rings is 1. The molecule has 72 valence electrons. The van der Waals surface area contributed by atoms with Crippen molar-refractivity contribution in [3.63, 3.8) is 0 Å². The molecule has 1 atom stereocenters. The van der Waals surface area contributed by atoms with E-state index in [1.54, 1.807) is 18.3 Å². The quantitative estimate of drug-likeness (QED) is 0.488. The zero-order valence-electron chi connectivity index (χ0n) is 7.40. The van der Waals surface area contributed by atoms with Crippen molar-refractivity contribution in [2.24, 2.45) is 0 Å². The van der Waals surface area contributed by atoms with Gasteiger partial charge in [-0.3, -0.25) is 0 Å². The Morgan fingerprint density at radius 3 is 3.00 bits per heavy atom. The van der Waals surface area contributed by atoms with Crippen molar-refractivity contribution in [3.8, 4) is 0 Å². The van der Waals surface area contributed by atoms with Crippen LogP contribution in [-0.4, -0.2) is 16.4 Å². The monoisotopic (exact) mass is 190 g/mol. The predicted octanol–water partition coefficient (Wildman–Crippen LogP) is 0.982. The molecule has 0 saturated heterocycles. The lowest BCUT2D eigenvalue weighted by atomic mass is 10.1. The van der Waals surface area contributed by atoms with E-state index >= 15 is 0 Å². The van der Waals surface area contributed by atoms with E-state index < -0.39 is 6.10 Å². The number of fused-ring (bicyclic) bond motifs is 1. The van der Waals surface area contributed by atoms with Gasteiger partial charge in [-0.25, -0.2) is 0 Å². The summed E-state index contributed by atoms with van der Waals surface area (Å²) in [5.41, 5.74) is 7.62. The van der Waals surface area contributed by atoms with Gasteiger partial charge in [0.05, 0.1) is 11.2 Å². The van der Waals surface area contributed by atoms with Crippen LogP contribution in [0.2, 0.25) is 0 Å². The first-order chi connectivity index (χ1) is 6.74. The number of nitrogens with one attached hydrogen (secondary N) is 1. The zero-order chi connectivity index (χ0) is 10.1. The molecule has 4 nitrogen and oxygen atoms in total. The van der Waals surface area contributed by atoms with Crippen LogP contribution in [0, 0.1) is 0 Å². The molecule has 1 aromatic carbocycles. The van der Waals surface area contributed by atoms with Crippen LogP contribution in [0.25, 0.3) is 10.9 Å². The number of nitrogens with two attached hydrogens (primary N) is 1. The van der Waals surface area contributed by atoms with Gasteiger partial charge in [-0.05, 0) is 6.07 Å². The molecule has 4 heteroatoms. The van der Waals surface area contributed by atoms with Gasteiger partial charge in [0.1, 0.15) is 6.10 Å². The minimum Gasteiger partial charge on any atom is -0.397 e. The Labute approximate surface area is 80.3 Å². The molecular formula is C10H10N2O2. The molecule has 0 bridgehead atoms. The summed E-state index contributed by atoms with van der Waals surface area (Å²) in [5.74, 6) is 0. The standard InChI is InChI=1S/C10H10N2O2/c11-8-3-1-2-6-7(9(14)5-13)4-12-10(6)8/h1-5,9,12,14H,11H2. The number of carbonyl (C=O) groups excluding carboxylic acids is 1. The van der Waals surface area contributed by atoms with Gasteiger partial charge >= 0.3 is 0 Å². The topological polar surface area (TPSA) is 79.1 Å². The lowest BCUT2D eigenvalue weighted by Crippen LogP contribution is -1.96. The van der Waals surface area contributed by atoms with Gasteiger partial charge in [-0.2, -0.15) is 0 Å². The van der Waals surface area contributed by atoms with E-state index in [4.69, 9.17) is 5.73 Å². The Balaban J connectivity index is 2.69. The number of para-hydroxylation sites is 1. The second-order valence-corrected chi connectivity index (χ2v) is 3.09. The summed E-state index contributed by atoms with van der Waals surface area (Å²) in [5, 5.41) is 10.2. The van der Waals surface area contributed by atoms with Crippen molar-refractivity contribution in [2.75, 3.05) is 5.73 Å². The molecule has 1 unspecified atom stereocenters. The smallest absolute Gasteiger partial charge is 0.153 e. The predicted molar refractivity (Wildman–Crippen MR) is 53.7 cm³/mol. The minimum atomic E-state index is -1.09. The first-order valence-corrected chi connectivity index (χ1v) is 4.23. The van der Waals surface area contributed by atoms with Crippen LogP contribution < -0.4 is 5.73 Å². The molecule has 2 aromatic rings. The van der Waals surface area contributed by atoms with E-state index in [0.29, 0.717) is 17.5 Å². The van der Waals surface area contributed by atoms with E-state index in [0.717, 1.165) is 10.9 Å². The van der Waals surface area contributed by atoms with Crippen molar-refractivity contribution in [1.82, 2.24) is 4.98 Å². The number of aromatic amines is 1. The van der Waals surface area contributed by atoms with Crippen molar-refractivity contribution in [1.29, 1.82) is 0 Å². The van der Waals surface area contributed by atoms with Crippen LogP contribution in [-0.2, 0) is 4.79 Å². The minimum absolute atomic E-state index is 0.492. The fourth-order valence-electron chi connectivity index (χ4n) is 1.52. The number of aromatic nitrogens is 1. The first-order valence-electron chi connectivity index (χ1n) is 4.23. The molecule has 1 aromatic heterocycles. The van der Waals surface area contributed by atoms with Crippen molar-refractivity contribution in [2.45, 2.75) is 6.10 Å². The summed E-state index contributed by atoms with van der Waals surface area (Å²) < 4.78 is 0. The summed E-state index contributed by atoms with van der Waals surface area (Å²) in [6, 6.07) is 5.35. The fraction of sp³-hybridized carbons (Fsp3) is 0.100. The number of hydrogen-bond acceptors (Lipinski definition) is 3. The van der Waals surface area contributed by atoms with Gasteiger partial charge in [0.25, 0.3) is 0 Å². The lowest BCUT2D eigenvalue weighted by molar-refractivity contribution is -0.115. The molecule has 1 heterocycles. The van der Waals surface area contributed by atoms with Gasteiger partial charge in [-0.1, -0.05) is 12.1 Å². The number of hydrogen-bond donors (Lipinski definition) is 3. The van der Waals surface area contributed by atoms with Crippen LogP contribution in [0.4, 0.5) is 5.69 Å². The zero-order valence-corrected chi connectivity index (χ0v) is 7.40. The van der Waals surface area contributed by atoms with Crippen LogP contribution in [0.15, 0.2) is 24.4 Å². The Morgan fingerprint density at radius 1 is 1.50 bits per heavy atom. The highest BCUT2D eigenvalue weighted by Crippen LogP contribution is 2.26. The summed E-state index contributed by atoms with van der Waals surface area (Å²) >= 11 is 0. The number of H-pyrrole nitrogens is 1. The molecule has 0 aliphatic carbocycles. The number of aliphatic hydroxyl groups excluding tert-OH is 1. The van der Waals surface area contributed by atoms with E-state index in [-0.39, 0.29) is 0 Å². The fourth-order valence-corrected chi connectivity index (χ4v) is 1.52. The molecular weight excluding hydrogens is 180 g/mol. The number of carbonyl (C=O) groups is 1. The Hall–Kier alpha value is -1.81. The molecule has 4 N–H and O–H groups in total. The molecule has 0 radical (unpaired) electrons. The average molecular weight is 190 g/mol. The van der Waals surface area contributed by atoms with Crippen molar-refractivity contribution >= 4 is 22.9 Å². The first kappa shape index (κ1) is 8.77. The average Bonchev–Trinajstić information content (AvgIpc) is 2.62.